The molecule has 0 aliphatic heterocycles. The maximum atomic E-state index is 11.2. The highest BCUT2D eigenvalue weighted by atomic mass is 35.5. The maximum Gasteiger partial charge on any atom is 0.271 e. The number of benzene rings is 2. The van der Waals surface area contributed by atoms with E-state index < -0.39 is 0 Å². The van der Waals surface area contributed by atoms with Crippen LogP contribution in [0, 0.1) is 0 Å². The second-order valence-corrected chi connectivity index (χ2v) is 6.49. The number of hydrogen-bond acceptors (Lipinski definition) is 7. The quantitative estimate of drug-likeness (QED) is 0.412. The number of hydrazone groups is 1. The van der Waals surface area contributed by atoms with Gasteiger partial charge in [-0.3, -0.25) is 9.78 Å². The number of hydrogen-bond donors (Lipinski definition) is 2. The molecule has 0 spiro atoms. The fourth-order valence-corrected chi connectivity index (χ4v) is 2.85. The molecular weight excluding hydrogens is 417 g/mol. The van der Waals surface area contributed by atoms with E-state index in [-0.39, 0.29) is 18.1 Å². The Morgan fingerprint density at radius 3 is 2.69 bits per heavy atom. The standard InChI is InChI=1S/C19H17Cl2N5O3/c1-2-28-17-8-12(9-22-25-19-24-18(27)10-23-26-19)6-7-16(17)29-11-13-14(20)4-3-5-15(13)21/h3-10H,2,11H2,1H3,(H2,24,25,26,27)/b22-9+. The van der Waals surface area contributed by atoms with Gasteiger partial charge in [-0.1, -0.05) is 29.3 Å². The molecule has 0 fully saturated rings. The van der Waals surface area contributed by atoms with Crippen LogP contribution in [-0.4, -0.2) is 28.0 Å². The zero-order chi connectivity index (χ0) is 20.6. The molecular formula is C19H17Cl2N5O3. The van der Waals surface area contributed by atoms with E-state index in [1.54, 1.807) is 42.6 Å². The first-order chi connectivity index (χ1) is 14.1. The number of aromatic nitrogens is 3. The fourth-order valence-electron chi connectivity index (χ4n) is 2.34. The van der Waals surface area contributed by atoms with Gasteiger partial charge in [0.1, 0.15) is 12.8 Å². The number of aromatic amines is 1. The predicted octanol–water partition coefficient (Wildman–Crippen LogP) is 3.90. The Labute approximate surface area is 176 Å². The van der Waals surface area contributed by atoms with Crippen LogP contribution in [-0.2, 0) is 6.61 Å². The van der Waals surface area contributed by atoms with Crippen LogP contribution in [0.2, 0.25) is 10.0 Å². The molecule has 3 aromatic rings. The van der Waals surface area contributed by atoms with E-state index in [4.69, 9.17) is 32.7 Å². The zero-order valence-corrected chi connectivity index (χ0v) is 16.9. The molecule has 0 aliphatic carbocycles. The van der Waals surface area contributed by atoms with Crippen molar-refractivity contribution in [3.63, 3.8) is 0 Å². The van der Waals surface area contributed by atoms with Crippen LogP contribution in [0.5, 0.6) is 11.5 Å². The molecule has 0 amide bonds. The highest BCUT2D eigenvalue weighted by molar-refractivity contribution is 6.35. The lowest BCUT2D eigenvalue weighted by Crippen LogP contribution is -2.10. The first-order valence-corrected chi connectivity index (χ1v) is 9.36. The Bertz CT molecular complexity index is 1050. The molecule has 8 nitrogen and oxygen atoms in total. The van der Waals surface area contributed by atoms with Gasteiger partial charge in [-0.15, -0.1) is 10.2 Å². The molecule has 0 unspecified atom stereocenters. The molecule has 2 aromatic carbocycles. The summed E-state index contributed by atoms with van der Waals surface area (Å²) in [5, 5.41) is 12.3. The average molecular weight is 434 g/mol. The van der Waals surface area contributed by atoms with Crippen LogP contribution in [0.1, 0.15) is 18.1 Å². The second kappa shape index (κ2) is 9.90. The average Bonchev–Trinajstić information content (AvgIpc) is 2.69. The van der Waals surface area contributed by atoms with E-state index in [1.807, 2.05) is 6.92 Å². The Kier molecular flexibility index (Phi) is 7.04. The summed E-state index contributed by atoms with van der Waals surface area (Å²) in [6.07, 6.45) is 2.61. The van der Waals surface area contributed by atoms with E-state index in [2.05, 4.69) is 25.7 Å². The van der Waals surface area contributed by atoms with Crippen LogP contribution >= 0.6 is 23.2 Å². The maximum absolute atomic E-state index is 11.2. The number of ether oxygens (including phenoxy) is 2. The molecule has 0 saturated carbocycles. The van der Waals surface area contributed by atoms with Crippen LogP contribution in [0.4, 0.5) is 5.95 Å². The Morgan fingerprint density at radius 2 is 1.97 bits per heavy atom. The summed E-state index contributed by atoms with van der Waals surface area (Å²) >= 11 is 12.4. The van der Waals surface area contributed by atoms with Crippen LogP contribution in [0.25, 0.3) is 0 Å². The second-order valence-electron chi connectivity index (χ2n) is 5.68. The van der Waals surface area contributed by atoms with Crippen molar-refractivity contribution in [2.24, 2.45) is 5.10 Å². The van der Waals surface area contributed by atoms with Crippen molar-refractivity contribution in [3.8, 4) is 11.5 Å². The minimum absolute atomic E-state index is 0.135. The highest BCUT2D eigenvalue weighted by Crippen LogP contribution is 2.31. The summed E-state index contributed by atoms with van der Waals surface area (Å²) in [6, 6.07) is 10.6. The molecule has 29 heavy (non-hydrogen) atoms. The van der Waals surface area contributed by atoms with Crippen molar-refractivity contribution in [2.45, 2.75) is 13.5 Å². The molecule has 0 aliphatic rings. The molecule has 0 saturated heterocycles. The zero-order valence-electron chi connectivity index (χ0n) is 15.4. The van der Waals surface area contributed by atoms with E-state index >= 15 is 0 Å². The van der Waals surface area contributed by atoms with Crippen molar-refractivity contribution in [2.75, 3.05) is 12.0 Å². The van der Waals surface area contributed by atoms with Gasteiger partial charge < -0.3 is 9.47 Å². The number of anilines is 1. The van der Waals surface area contributed by atoms with Crippen molar-refractivity contribution < 1.29 is 9.47 Å². The third kappa shape index (κ3) is 5.69. The van der Waals surface area contributed by atoms with Gasteiger partial charge in [0.15, 0.2) is 11.5 Å². The van der Waals surface area contributed by atoms with Crippen molar-refractivity contribution in [1.82, 2.24) is 15.2 Å². The van der Waals surface area contributed by atoms with Gasteiger partial charge >= 0.3 is 0 Å². The minimum Gasteiger partial charge on any atom is -0.490 e. The van der Waals surface area contributed by atoms with Gasteiger partial charge in [-0.25, -0.2) is 5.43 Å². The smallest absolute Gasteiger partial charge is 0.271 e. The lowest BCUT2D eigenvalue weighted by molar-refractivity contribution is 0.269. The Hall–Kier alpha value is -3.10. The van der Waals surface area contributed by atoms with Gasteiger partial charge in [0.2, 0.25) is 5.95 Å². The number of halogens is 2. The van der Waals surface area contributed by atoms with Gasteiger partial charge in [0, 0.05) is 15.6 Å². The molecule has 1 heterocycles. The molecule has 150 valence electrons. The van der Waals surface area contributed by atoms with E-state index in [9.17, 15) is 4.79 Å². The van der Waals surface area contributed by atoms with E-state index in [1.165, 1.54) is 0 Å². The summed E-state index contributed by atoms with van der Waals surface area (Å²) in [6.45, 7) is 2.54. The van der Waals surface area contributed by atoms with Gasteiger partial charge in [0.25, 0.3) is 5.56 Å². The third-order valence-electron chi connectivity index (χ3n) is 3.66. The van der Waals surface area contributed by atoms with Crippen molar-refractivity contribution in [1.29, 1.82) is 0 Å². The summed E-state index contributed by atoms with van der Waals surface area (Å²) in [5.41, 5.74) is 3.67. The van der Waals surface area contributed by atoms with Crippen molar-refractivity contribution in [3.05, 3.63) is 74.1 Å². The number of H-pyrrole nitrogens is 1. The number of nitrogens with one attached hydrogen (secondary N) is 2. The topological polar surface area (TPSA) is 101 Å². The number of nitrogens with zero attached hydrogens (tertiary/aromatic N) is 3. The van der Waals surface area contributed by atoms with Crippen molar-refractivity contribution >= 4 is 35.4 Å². The lowest BCUT2D eigenvalue weighted by Gasteiger charge is -2.14. The minimum atomic E-state index is -0.378. The fraction of sp³-hybridized carbons (Fsp3) is 0.158. The third-order valence-corrected chi connectivity index (χ3v) is 4.37. The first-order valence-electron chi connectivity index (χ1n) is 8.60. The molecule has 0 atom stereocenters. The van der Waals surface area contributed by atoms with E-state index in [0.29, 0.717) is 33.7 Å². The van der Waals surface area contributed by atoms with E-state index in [0.717, 1.165) is 11.8 Å². The Morgan fingerprint density at radius 1 is 1.17 bits per heavy atom. The predicted molar refractivity (Wildman–Crippen MR) is 112 cm³/mol. The summed E-state index contributed by atoms with van der Waals surface area (Å²) < 4.78 is 11.5. The summed E-state index contributed by atoms with van der Waals surface area (Å²) in [5.74, 6) is 1.23. The molecule has 3 rings (SSSR count). The molecule has 1 aromatic heterocycles. The first kappa shape index (κ1) is 20.6. The van der Waals surface area contributed by atoms with Gasteiger partial charge in [-0.05, 0) is 42.8 Å². The van der Waals surface area contributed by atoms with Crippen LogP contribution < -0.4 is 20.5 Å². The molecule has 2 N–H and O–H groups in total. The summed E-state index contributed by atoms with van der Waals surface area (Å²) in [7, 11) is 0. The molecule has 0 bridgehead atoms. The highest BCUT2D eigenvalue weighted by Gasteiger charge is 2.10. The molecule has 0 radical (unpaired) electrons. The van der Waals surface area contributed by atoms with Crippen LogP contribution in [0.15, 0.2) is 52.5 Å². The SMILES string of the molecule is CCOc1cc(/C=N/Nc2nncc(=O)[nH]2)ccc1OCc1c(Cl)cccc1Cl. The monoisotopic (exact) mass is 433 g/mol. The summed E-state index contributed by atoms with van der Waals surface area (Å²) in [4.78, 5) is 13.6. The Balaban J connectivity index is 1.72. The lowest BCUT2D eigenvalue weighted by atomic mass is 10.2. The normalized spacial score (nSPS) is 10.9. The van der Waals surface area contributed by atoms with Gasteiger partial charge in [0.05, 0.1) is 12.8 Å². The number of rotatable bonds is 8. The van der Waals surface area contributed by atoms with Crippen LogP contribution in [0.3, 0.4) is 0 Å². The molecule has 10 heteroatoms. The largest absolute Gasteiger partial charge is 0.490 e. The van der Waals surface area contributed by atoms with Gasteiger partial charge in [-0.2, -0.15) is 5.10 Å².